The molecule has 1 aromatic carbocycles. The third kappa shape index (κ3) is 3.38. The van der Waals surface area contributed by atoms with Gasteiger partial charge in [-0.3, -0.25) is 4.79 Å². The molecule has 5 nitrogen and oxygen atoms in total. The largest absolute Gasteiger partial charge is 0.335 e. The Bertz CT molecular complexity index is 807. The number of sulfonamides is 1. The van der Waals surface area contributed by atoms with Crippen molar-refractivity contribution in [3.8, 4) is 0 Å². The Balaban J connectivity index is 1.66. The van der Waals surface area contributed by atoms with Crippen LogP contribution in [-0.4, -0.2) is 49.7 Å². The molecule has 0 aliphatic carbocycles. The Morgan fingerprint density at radius 2 is 1.71 bits per heavy atom. The molecule has 2 heterocycles. The van der Waals surface area contributed by atoms with Crippen molar-refractivity contribution in [2.45, 2.75) is 18.2 Å². The molecule has 1 fully saturated rings. The summed E-state index contributed by atoms with van der Waals surface area (Å²) in [6.45, 7) is 3.56. The highest BCUT2D eigenvalue weighted by molar-refractivity contribution is 7.89. The highest BCUT2D eigenvalue weighted by Crippen LogP contribution is 2.21. The molecule has 1 aliphatic heterocycles. The fourth-order valence-electron chi connectivity index (χ4n) is 2.71. The van der Waals surface area contributed by atoms with Gasteiger partial charge < -0.3 is 4.90 Å². The van der Waals surface area contributed by atoms with Crippen LogP contribution in [0.2, 0.25) is 0 Å². The third-order valence-corrected chi connectivity index (χ3v) is 7.26. The number of nitrogens with zero attached hydrogens (tertiary/aromatic N) is 2. The van der Waals surface area contributed by atoms with E-state index in [1.807, 2.05) is 12.1 Å². The van der Waals surface area contributed by atoms with Crippen LogP contribution in [0.3, 0.4) is 0 Å². The zero-order valence-electron chi connectivity index (χ0n) is 13.5. The van der Waals surface area contributed by atoms with Gasteiger partial charge in [0.25, 0.3) is 5.91 Å². The lowest BCUT2D eigenvalue weighted by atomic mass is 10.3. The maximum Gasteiger partial charge on any atom is 0.264 e. The molecule has 1 aliphatic rings. The first-order chi connectivity index (χ1) is 11.5. The molecule has 24 heavy (non-hydrogen) atoms. The number of hydrogen-bond donors (Lipinski definition) is 0. The van der Waals surface area contributed by atoms with Crippen LogP contribution in [0.4, 0.5) is 0 Å². The summed E-state index contributed by atoms with van der Waals surface area (Å²) in [6.07, 6.45) is 0.918. The maximum absolute atomic E-state index is 12.6. The molecule has 3 rings (SSSR count). The molecule has 0 bridgehead atoms. The van der Waals surface area contributed by atoms with E-state index in [-0.39, 0.29) is 5.91 Å². The topological polar surface area (TPSA) is 57.7 Å². The van der Waals surface area contributed by atoms with Gasteiger partial charge in [0.2, 0.25) is 10.0 Å². The molecule has 1 amide bonds. The van der Waals surface area contributed by atoms with E-state index in [0.29, 0.717) is 31.1 Å². The predicted octanol–water partition coefficient (Wildman–Crippen LogP) is 2.46. The first-order valence-electron chi connectivity index (χ1n) is 7.95. The van der Waals surface area contributed by atoms with Crippen LogP contribution in [0, 0.1) is 0 Å². The second-order valence-corrected chi connectivity index (χ2v) is 8.74. The minimum atomic E-state index is -3.48. The van der Waals surface area contributed by atoms with Gasteiger partial charge in [-0.25, -0.2) is 8.42 Å². The summed E-state index contributed by atoms with van der Waals surface area (Å²) in [5.74, 6) is -0.00328. The number of aryl methyl sites for hydroxylation is 1. The first kappa shape index (κ1) is 17.1. The van der Waals surface area contributed by atoms with E-state index in [4.69, 9.17) is 0 Å². The van der Waals surface area contributed by atoms with Crippen LogP contribution in [0.25, 0.3) is 0 Å². The number of piperazine rings is 1. The summed E-state index contributed by atoms with van der Waals surface area (Å²) < 4.78 is 26.7. The van der Waals surface area contributed by atoms with E-state index >= 15 is 0 Å². The number of benzene rings is 1. The second-order valence-electron chi connectivity index (χ2n) is 5.63. The molecular weight excluding hydrogens is 344 g/mol. The van der Waals surface area contributed by atoms with Crippen LogP contribution >= 0.6 is 11.3 Å². The second kappa shape index (κ2) is 7.04. The minimum Gasteiger partial charge on any atom is -0.335 e. The summed E-state index contributed by atoms with van der Waals surface area (Å²) in [5, 5.41) is 0. The van der Waals surface area contributed by atoms with E-state index in [2.05, 4.69) is 6.92 Å². The number of rotatable bonds is 4. The summed E-state index contributed by atoms with van der Waals surface area (Å²) in [4.78, 5) is 16.5. The lowest BCUT2D eigenvalue weighted by Crippen LogP contribution is -2.50. The average Bonchev–Trinajstić information content (AvgIpc) is 3.11. The van der Waals surface area contributed by atoms with Crippen molar-refractivity contribution in [1.82, 2.24) is 9.21 Å². The minimum absolute atomic E-state index is 0.00328. The van der Waals surface area contributed by atoms with Gasteiger partial charge in [-0.05, 0) is 30.7 Å². The van der Waals surface area contributed by atoms with Crippen molar-refractivity contribution in [1.29, 1.82) is 0 Å². The molecule has 7 heteroatoms. The molecule has 1 aromatic heterocycles. The van der Waals surface area contributed by atoms with E-state index in [0.717, 1.165) is 11.3 Å². The molecule has 2 aromatic rings. The quantitative estimate of drug-likeness (QED) is 0.837. The van der Waals surface area contributed by atoms with Gasteiger partial charge in [0, 0.05) is 31.1 Å². The molecule has 0 unspecified atom stereocenters. The van der Waals surface area contributed by atoms with Crippen molar-refractivity contribution in [2.75, 3.05) is 26.2 Å². The Morgan fingerprint density at radius 1 is 1.04 bits per heavy atom. The van der Waals surface area contributed by atoms with Crippen molar-refractivity contribution >= 4 is 27.3 Å². The van der Waals surface area contributed by atoms with Crippen molar-refractivity contribution < 1.29 is 13.2 Å². The summed E-state index contributed by atoms with van der Waals surface area (Å²) in [7, 11) is -3.48. The lowest BCUT2D eigenvalue weighted by Gasteiger charge is -2.33. The van der Waals surface area contributed by atoms with Crippen LogP contribution in [0.15, 0.2) is 47.4 Å². The Kier molecular flexibility index (Phi) is 5.03. The molecule has 128 valence electrons. The highest BCUT2D eigenvalue weighted by atomic mass is 32.2. The number of carbonyl (C=O) groups is 1. The van der Waals surface area contributed by atoms with Crippen molar-refractivity contribution in [2.24, 2.45) is 0 Å². The number of carbonyl (C=O) groups excluding carboxylic acids is 1. The SMILES string of the molecule is CCc1ccc(C(=O)N2CCN(S(=O)(=O)c3ccccc3)CC2)s1. The molecule has 0 atom stereocenters. The molecular formula is C17H20N2O3S2. The van der Waals surface area contributed by atoms with Gasteiger partial charge in [0.05, 0.1) is 9.77 Å². The van der Waals surface area contributed by atoms with Crippen LogP contribution in [0.1, 0.15) is 21.5 Å². The van der Waals surface area contributed by atoms with Gasteiger partial charge >= 0.3 is 0 Å². The fraction of sp³-hybridized carbons (Fsp3) is 0.353. The van der Waals surface area contributed by atoms with Crippen LogP contribution in [0.5, 0.6) is 0 Å². The summed E-state index contributed by atoms with van der Waals surface area (Å²) >= 11 is 1.51. The van der Waals surface area contributed by atoms with Gasteiger partial charge in [-0.15, -0.1) is 11.3 Å². The highest BCUT2D eigenvalue weighted by Gasteiger charge is 2.30. The van der Waals surface area contributed by atoms with Crippen LogP contribution in [-0.2, 0) is 16.4 Å². The number of hydrogen-bond acceptors (Lipinski definition) is 4. The van der Waals surface area contributed by atoms with Crippen LogP contribution < -0.4 is 0 Å². The molecule has 0 radical (unpaired) electrons. The van der Waals surface area contributed by atoms with E-state index in [1.54, 1.807) is 35.2 Å². The van der Waals surface area contributed by atoms with Gasteiger partial charge in [-0.1, -0.05) is 25.1 Å². The zero-order chi connectivity index (χ0) is 17.2. The van der Waals surface area contributed by atoms with Crippen molar-refractivity contribution in [3.05, 3.63) is 52.2 Å². The Labute approximate surface area is 146 Å². The number of amides is 1. The standard InChI is InChI=1S/C17H20N2O3S2/c1-2-14-8-9-16(23-14)17(20)18-10-12-19(13-11-18)24(21,22)15-6-4-3-5-7-15/h3-9H,2,10-13H2,1H3. The molecule has 0 saturated carbocycles. The van der Waals surface area contributed by atoms with Gasteiger partial charge in [-0.2, -0.15) is 4.31 Å². The van der Waals surface area contributed by atoms with Gasteiger partial charge in [0.15, 0.2) is 0 Å². The molecule has 1 saturated heterocycles. The number of thiophene rings is 1. The van der Waals surface area contributed by atoms with Crippen molar-refractivity contribution in [3.63, 3.8) is 0 Å². The van der Waals surface area contributed by atoms with Gasteiger partial charge in [0.1, 0.15) is 0 Å². The Hall–Kier alpha value is -1.70. The fourth-order valence-corrected chi connectivity index (χ4v) is 5.07. The van der Waals surface area contributed by atoms with E-state index in [1.165, 1.54) is 20.5 Å². The van der Waals surface area contributed by atoms with E-state index in [9.17, 15) is 13.2 Å². The summed E-state index contributed by atoms with van der Waals surface area (Å²) in [5.41, 5.74) is 0. The summed E-state index contributed by atoms with van der Waals surface area (Å²) in [6, 6.07) is 12.3. The normalized spacial score (nSPS) is 16.3. The zero-order valence-corrected chi connectivity index (χ0v) is 15.1. The van der Waals surface area contributed by atoms with E-state index < -0.39 is 10.0 Å². The average molecular weight is 364 g/mol. The Morgan fingerprint density at radius 3 is 2.29 bits per heavy atom. The maximum atomic E-state index is 12.6. The monoisotopic (exact) mass is 364 g/mol. The predicted molar refractivity (Wildman–Crippen MR) is 94.8 cm³/mol. The lowest BCUT2D eigenvalue weighted by molar-refractivity contribution is 0.0703. The molecule has 0 spiro atoms. The smallest absolute Gasteiger partial charge is 0.264 e. The molecule has 0 N–H and O–H groups in total. The third-order valence-electron chi connectivity index (χ3n) is 4.13. The first-order valence-corrected chi connectivity index (χ1v) is 10.2.